The number of piperidine rings is 2. The topological polar surface area (TPSA) is 53.1 Å². The molecule has 1 aromatic rings. The largest absolute Gasteiger partial charge is 0.493 e. The van der Waals surface area contributed by atoms with Crippen LogP contribution in [0.3, 0.4) is 0 Å². The van der Waals surface area contributed by atoms with Gasteiger partial charge in [-0.1, -0.05) is 17.7 Å². The average molecular weight is 476 g/mol. The van der Waals surface area contributed by atoms with Gasteiger partial charge in [-0.25, -0.2) is 0 Å². The van der Waals surface area contributed by atoms with E-state index in [1.807, 2.05) is 34.1 Å². The summed E-state index contributed by atoms with van der Waals surface area (Å²) in [6.45, 7) is 6.54. The molecule has 0 spiro atoms. The summed E-state index contributed by atoms with van der Waals surface area (Å²) >= 11 is 6.14. The highest BCUT2D eigenvalue weighted by atomic mass is 35.5. The smallest absolute Gasteiger partial charge is 0.223 e. The Morgan fingerprint density at radius 2 is 1.64 bits per heavy atom. The van der Waals surface area contributed by atoms with E-state index in [-0.39, 0.29) is 17.2 Å². The lowest BCUT2D eigenvalue weighted by Gasteiger charge is -2.43. The molecule has 182 valence electrons. The van der Waals surface area contributed by atoms with Crippen molar-refractivity contribution in [2.45, 2.75) is 57.8 Å². The number of hydrogen-bond acceptors (Lipinski definition) is 4. The van der Waals surface area contributed by atoms with E-state index in [0.717, 1.165) is 65.0 Å². The third-order valence-electron chi connectivity index (χ3n) is 7.43. The number of ether oxygens (including phenoxy) is 1. The predicted octanol–water partition coefficient (Wildman–Crippen LogP) is 4.22. The minimum atomic E-state index is -0.363. The number of benzene rings is 1. The minimum absolute atomic E-state index is 0.204. The van der Waals surface area contributed by atoms with Gasteiger partial charge in [-0.3, -0.25) is 9.59 Å². The average Bonchev–Trinajstić information content (AvgIpc) is 3.36. The Hall–Kier alpha value is -1.79. The molecule has 4 rings (SSSR count). The second kappa shape index (κ2) is 11.6. The molecule has 0 aliphatic carbocycles. The molecule has 0 bridgehead atoms. The monoisotopic (exact) mass is 475 g/mol. The first-order chi connectivity index (χ1) is 16.0. The van der Waals surface area contributed by atoms with Gasteiger partial charge in [-0.15, -0.1) is 0 Å². The minimum Gasteiger partial charge on any atom is -0.493 e. The van der Waals surface area contributed by atoms with E-state index < -0.39 is 0 Å². The molecule has 2 amide bonds. The maximum absolute atomic E-state index is 13.3. The Bertz CT molecular complexity index is 808. The van der Waals surface area contributed by atoms with Crippen molar-refractivity contribution in [2.24, 2.45) is 5.41 Å². The van der Waals surface area contributed by atoms with Gasteiger partial charge >= 0.3 is 0 Å². The molecule has 0 unspecified atom stereocenters. The van der Waals surface area contributed by atoms with Crippen LogP contribution in [0.1, 0.15) is 57.8 Å². The number of amides is 2. The molecule has 0 radical (unpaired) electrons. The molecule has 3 heterocycles. The van der Waals surface area contributed by atoms with Crippen molar-refractivity contribution < 1.29 is 14.3 Å². The van der Waals surface area contributed by atoms with Gasteiger partial charge < -0.3 is 19.4 Å². The van der Waals surface area contributed by atoms with Gasteiger partial charge in [-0.2, -0.15) is 0 Å². The van der Waals surface area contributed by atoms with Gasteiger partial charge in [0.05, 0.1) is 6.61 Å². The third kappa shape index (κ3) is 6.86. The van der Waals surface area contributed by atoms with Gasteiger partial charge in [0.1, 0.15) is 5.75 Å². The summed E-state index contributed by atoms with van der Waals surface area (Å²) in [4.78, 5) is 32.7. The predicted molar refractivity (Wildman–Crippen MR) is 131 cm³/mol. The van der Waals surface area contributed by atoms with E-state index >= 15 is 0 Å². The Morgan fingerprint density at radius 3 is 2.39 bits per heavy atom. The van der Waals surface area contributed by atoms with Crippen LogP contribution in [0, 0.1) is 5.41 Å². The first-order valence-corrected chi connectivity index (χ1v) is 13.1. The zero-order valence-corrected chi connectivity index (χ0v) is 20.5. The van der Waals surface area contributed by atoms with Gasteiger partial charge in [0, 0.05) is 56.0 Å². The molecular formula is C26H38ClN3O3. The van der Waals surface area contributed by atoms with Crippen LogP contribution < -0.4 is 4.74 Å². The molecule has 0 aromatic heterocycles. The summed E-state index contributed by atoms with van der Waals surface area (Å²) in [7, 11) is 0. The maximum Gasteiger partial charge on any atom is 0.223 e. The number of likely N-dealkylation sites (tertiary alicyclic amines) is 3. The number of rotatable bonds is 8. The highest BCUT2D eigenvalue weighted by Gasteiger charge is 2.41. The van der Waals surface area contributed by atoms with Crippen LogP contribution in [0.2, 0.25) is 5.02 Å². The number of halogens is 1. The molecular weight excluding hydrogens is 438 g/mol. The molecule has 3 fully saturated rings. The van der Waals surface area contributed by atoms with Crippen LogP contribution in [-0.4, -0.2) is 78.9 Å². The normalized spacial score (nSPS) is 24.2. The first kappa shape index (κ1) is 24.3. The Labute approximate surface area is 203 Å². The highest BCUT2D eigenvalue weighted by Crippen LogP contribution is 2.36. The molecule has 0 N–H and O–H groups in total. The van der Waals surface area contributed by atoms with E-state index in [1.165, 1.54) is 19.3 Å². The fourth-order valence-electron chi connectivity index (χ4n) is 5.52. The molecule has 0 saturated carbocycles. The summed E-state index contributed by atoms with van der Waals surface area (Å²) in [5.41, 5.74) is -0.363. The number of nitrogens with zero attached hydrogens (tertiary/aromatic N) is 3. The van der Waals surface area contributed by atoms with Gasteiger partial charge in [-0.05, 0) is 76.2 Å². The van der Waals surface area contributed by atoms with Crippen LogP contribution >= 0.6 is 11.6 Å². The van der Waals surface area contributed by atoms with Crippen molar-refractivity contribution in [3.63, 3.8) is 0 Å². The van der Waals surface area contributed by atoms with Gasteiger partial charge in [0.25, 0.3) is 0 Å². The van der Waals surface area contributed by atoms with E-state index in [9.17, 15) is 9.59 Å². The lowest BCUT2D eigenvalue weighted by molar-refractivity contribution is -0.142. The molecule has 3 aliphatic rings. The number of hydrogen-bond donors (Lipinski definition) is 0. The zero-order valence-electron chi connectivity index (χ0n) is 19.8. The summed E-state index contributed by atoms with van der Waals surface area (Å²) in [5, 5.41) is 0.633. The van der Waals surface area contributed by atoms with Crippen LogP contribution in [0.5, 0.6) is 5.75 Å². The zero-order chi connectivity index (χ0) is 23.1. The lowest BCUT2D eigenvalue weighted by Crippen LogP contribution is -2.51. The molecule has 3 saturated heterocycles. The molecule has 33 heavy (non-hydrogen) atoms. The Balaban J connectivity index is 1.43. The lowest BCUT2D eigenvalue weighted by atomic mass is 9.77. The van der Waals surface area contributed by atoms with Crippen molar-refractivity contribution in [1.82, 2.24) is 14.7 Å². The fraction of sp³-hybridized carbons (Fsp3) is 0.692. The van der Waals surface area contributed by atoms with E-state index in [2.05, 4.69) is 4.90 Å². The fourth-order valence-corrected chi connectivity index (χ4v) is 5.70. The number of carbonyl (C=O) groups excluding carboxylic acids is 2. The summed E-state index contributed by atoms with van der Waals surface area (Å²) in [6, 6.07) is 7.40. The van der Waals surface area contributed by atoms with Gasteiger partial charge in [0.2, 0.25) is 11.8 Å². The number of carbonyl (C=O) groups is 2. The van der Waals surface area contributed by atoms with Crippen molar-refractivity contribution in [3.05, 3.63) is 29.3 Å². The summed E-state index contributed by atoms with van der Waals surface area (Å²) < 4.78 is 6.19. The Morgan fingerprint density at radius 1 is 0.909 bits per heavy atom. The van der Waals surface area contributed by atoms with Crippen molar-refractivity contribution in [1.29, 1.82) is 0 Å². The quantitative estimate of drug-likeness (QED) is 0.565. The van der Waals surface area contributed by atoms with Crippen LogP contribution in [0.15, 0.2) is 24.3 Å². The molecule has 1 atom stereocenters. The van der Waals surface area contributed by atoms with Gasteiger partial charge in [0.15, 0.2) is 0 Å². The molecule has 3 aliphatic heterocycles. The van der Waals surface area contributed by atoms with E-state index in [1.54, 1.807) is 0 Å². The first-order valence-electron chi connectivity index (χ1n) is 12.7. The molecule has 1 aromatic carbocycles. The standard InChI is InChI=1S/C26H38ClN3O3/c27-22-8-6-9-23(18-22)33-21-26(19-25(32)29-14-2-1-3-15-29)11-7-16-30(20-26)24(31)10-17-28-12-4-5-13-28/h6,8-9,18H,1-5,7,10-17,19-21H2/t26-/m0/s1. The summed E-state index contributed by atoms with van der Waals surface area (Å²) in [5.74, 6) is 1.12. The van der Waals surface area contributed by atoms with Crippen molar-refractivity contribution >= 4 is 23.4 Å². The second-order valence-corrected chi connectivity index (χ2v) is 10.5. The van der Waals surface area contributed by atoms with Crippen molar-refractivity contribution in [2.75, 3.05) is 52.4 Å². The molecule has 6 nitrogen and oxygen atoms in total. The second-order valence-electron chi connectivity index (χ2n) is 10.1. The summed E-state index contributed by atoms with van der Waals surface area (Å²) in [6.07, 6.45) is 8.63. The van der Waals surface area contributed by atoms with Crippen LogP contribution in [-0.2, 0) is 9.59 Å². The third-order valence-corrected chi connectivity index (χ3v) is 7.67. The molecule has 7 heteroatoms. The van der Waals surface area contributed by atoms with E-state index in [0.29, 0.717) is 36.8 Å². The maximum atomic E-state index is 13.3. The highest BCUT2D eigenvalue weighted by molar-refractivity contribution is 6.30. The van der Waals surface area contributed by atoms with E-state index in [4.69, 9.17) is 16.3 Å². The SMILES string of the molecule is O=C(C[C@@]1(COc2cccc(Cl)c2)CCCN(C(=O)CCN2CCCC2)C1)N1CCCCC1. The van der Waals surface area contributed by atoms with Crippen LogP contribution in [0.25, 0.3) is 0 Å². The van der Waals surface area contributed by atoms with Crippen molar-refractivity contribution in [3.8, 4) is 5.75 Å². The Kier molecular flexibility index (Phi) is 8.53. The van der Waals surface area contributed by atoms with Crippen LogP contribution in [0.4, 0.5) is 0 Å².